The summed E-state index contributed by atoms with van der Waals surface area (Å²) in [6, 6.07) is 5.02. The molecule has 0 aliphatic heterocycles. The summed E-state index contributed by atoms with van der Waals surface area (Å²) >= 11 is 7.71. The number of rotatable bonds is 6. The Morgan fingerprint density at radius 1 is 1.21 bits per heavy atom. The second-order valence-electron chi connectivity index (χ2n) is 11.9. The molecule has 3 rings (SSSR count). The predicted octanol–water partition coefficient (Wildman–Crippen LogP) is 7.05. The van der Waals surface area contributed by atoms with Gasteiger partial charge in [-0.05, 0) is 60.5 Å². The lowest BCUT2D eigenvalue weighted by atomic mass is 9.82. The third-order valence-electron chi connectivity index (χ3n) is 6.96. The smallest absolute Gasteiger partial charge is 0.283 e. The number of methoxy groups -OCH3 is 1. The molecule has 0 spiro atoms. The van der Waals surface area contributed by atoms with Crippen molar-refractivity contribution in [3.8, 4) is 5.75 Å². The van der Waals surface area contributed by atoms with Crippen molar-refractivity contribution in [2.75, 3.05) is 7.11 Å². The number of carbonyl (C=O) groups is 1. The lowest BCUT2D eigenvalue weighted by Gasteiger charge is -2.45. The van der Waals surface area contributed by atoms with E-state index in [4.69, 9.17) is 20.8 Å². The molecule has 1 fully saturated rings. The SMILES string of the molecule is COc1ccc(Cl)cc1C(=O)N=c1sc(C(C)(C)C)cn1CC1CC(O[Si](C)(C)C(C)(C)C)C1. The van der Waals surface area contributed by atoms with Gasteiger partial charge in [-0.2, -0.15) is 4.99 Å². The molecule has 188 valence electrons. The van der Waals surface area contributed by atoms with Crippen LogP contribution < -0.4 is 9.54 Å². The highest BCUT2D eigenvalue weighted by atomic mass is 35.5. The van der Waals surface area contributed by atoms with E-state index in [2.05, 4.69) is 70.4 Å². The molecule has 1 heterocycles. The summed E-state index contributed by atoms with van der Waals surface area (Å²) < 4.78 is 14.1. The Bertz CT molecular complexity index is 1100. The van der Waals surface area contributed by atoms with E-state index < -0.39 is 8.32 Å². The zero-order valence-corrected chi connectivity index (χ0v) is 24.6. The molecule has 1 aliphatic rings. The summed E-state index contributed by atoms with van der Waals surface area (Å²) in [7, 11) is -0.211. The number of amides is 1. The highest BCUT2D eigenvalue weighted by molar-refractivity contribution is 7.09. The van der Waals surface area contributed by atoms with Crippen LogP contribution in [0, 0.1) is 5.92 Å². The minimum atomic E-state index is -1.75. The summed E-state index contributed by atoms with van der Waals surface area (Å²) in [6.07, 6.45) is 4.60. The quantitative estimate of drug-likeness (QED) is 0.382. The topological polar surface area (TPSA) is 52.8 Å². The van der Waals surface area contributed by atoms with E-state index in [-0.39, 0.29) is 16.4 Å². The van der Waals surface area contributed by atoms with Crippen LogP contribution in [-0.4, -0.2) is 32.0 Å². The summed E-state index contributed by atoms with van der Waals surface area (Å²) in [4.78, 5) is 19.5. The first-order chi connectivity index (χ1) is 15.6. The second kappa shape index (κ2) is 9.92. The molecule has 0 unspecified atom stereocenters. The molecule has 0 atom stereocenters. The number of benzene rings is 1. The molecule has 8 heteroatoms. The number of aromatic nitrogens is 1. The summed E-state index contributed by atoms with van der Waals surface area (Å²) in [5.41, 5.74) is 0.351. The Hall–Kier alpha value is -1.41. The molecule has 1 aromatic heterocycles. The first-order valence-corrected chi connectivity index (χ1v) is 16.0. The van der Waals surface area contributed by atoms with Crippen LogP contribution in [0.1, 0.15) is 69.6 Å². The maximum Gasteiger partial charge on any atom is 0.283 e. The van der Waals surface area contributed by atoms with Crippen molar-refractivity contribution < 1.29 is 14.0 Å². The number of nitrogens with zero attached hydrogens (tertiary/aromatic N) is 2. The summed E-state index contributed by atoms with van der Waals surface area (Å²) in [5.74, 6) is 0.650. The van der Waals surface area contributed by atoms with E-state index in [0.29, 0.717) is 33.2 Å². The van der Waals surface area contributed by atoms with Crippen LogP contribution >= 0.6 is 22.9 Å². The number of hydrogen-bond donors (Lipinski definition) is 0. The highest BCUT2D eigenvalue weighted by Crippen LogP contribution is 2.42. The summed E-state index contributed by atoms with van der Waals surface area (Å²) in [6.45, 7) is 18.9. The van der Waals surface area contributed by atoms with Gasteiger partial charge in [-0.15, -0.1) is 11.3 Å². The third-order valence-corrected chi connectivity index (χ3v) is 13.2. The minimum absolute atomic E-state index is 0.0232. The van der Waals surface area contributed by atoms with Crippen molar-refractivity contribution >= 4 is 37.2 Å². The van der Waals surface area contributed by atoms with Crippen molar-refractivity contribution in [1.82, 2.24) is 4.57 Å². The largest absolute Gasteiger partial charge is 0.496 e. The van der Waals surface area contributed by atoms with Crippen LogP contribution in [0.25, 0.3) is 0 Å². The summed E-state index contributed by atoms with van der Waals surface area (Å²) in [5, 5.41) is 0.700. The number of ether oxygens (including phenoxy) is 1. The molecule has 1 amide bonds. The molecule has 0 radical (unpaired) electrons. The second-order valence-corrected chi connectivity index (χ2v) is 18.1. The lowest BCUT2D eigenvalue weighted by molar-refractivity contribution is 0.0442. The Morgan fingerprint density at radius 3 is 2.41 bits per heavy atom. The van der Waals surface area contributed by atoms with Crippen molar-refractivity contribution in [2.45, 2.75) is 90.6 Å². The lowest BCUT2D eigenvalue weighted by Crippen LogP contribution is -2.48. The standard InChI is InChI=1S/C26H39ClN2O3SSi/c1-25(2,3)22-16-29(15-17-12-19(13-17)32-34(8,9)26(4,5)6)24(33-22)28-23(30)20-14-18(27)10-11-21(20)31-7/h10-11,14,16-17,19H,12-13,15H2,1-9H3. The van der Waals surface area contributed by atoms with Crippen LogP contribution in [-0.2, 0) is 16.4 Å². The van der Waals surface area contributed by atoms with Crippen molar-refractivity contribution in [3.05, 3.63) is 44.7 Å². The van der Waals surface area contributed by atoms with E-state index in [0.717, 1.165) is 19.4 Å². The van der Waals surface area contributed by atoms with Crippen LogP contribution in [0.3, 0.4) is 0 Å². The van der Waals surface area contributed by atoms with Gasteiger partial charge in [0, 0.05) is 28.7 Å². The van der Waals surface area contributed by atoms with Gasteiger partial charge in [0.25, 0.3) is 5.91 Å². The predicted molar refractivity (Wildman–Crippen MR) is 144 cm³/mol. The van der Waals surface area contributed by atoms with Crippen LogP contribution in [0.2, 0.25) is 23.2 Å². The van der Waals surface area contributed by atoms with Gasteiger partial charge in [-0.3, -0.25) is 4.79 Å². The van der Waals surface area contributed by atoms with Crippen molar-refractivity contribution in [1.29, 1.82) is 0 Å². The molecule has 0 N–H and O–H groups in total. The van der Waals surface area contributed by atoms with Gasteiger partial charge < -0.3 is 13.7 Å². The Balaban J connectivity index is 1.82. The van der Waals surface area contributed by atoms with Gasteiger partial charge in [0.05, 0.1) is 12.7 Å². The average molecular weight is 523 g/mol. The van der Waals surface area contributed by atoms with Gasteiger partial charge in [-0.25, -0.2) is 0 Å². The zero-order chi connectivity index (χ0) is 25.5. The fraction of sp³-hybridized carbons (Fsp3) is 0.615. The number of hydrogen-bond acceptors (Lipinski definition) is 4. The van der Waals surface area contributed by atoms with E-state index in [1.54, 1.807) is 36.6 Å². The zero-order valence-electron chi connectivity index (χ0n) is 22.0. The molecule has 2 aromatic rings. The first kappa shape index (κ1) is 27.2. The molecule has 1 aromatic carbocycles. The van der Waals surface area contributed by atoms with Crippen LogP contribution in [0.15, 0.2) is 29.4 Å². The van der Waals surface area contributed by atoms with Crippen LogP contribution in [0.5, 0.6) is 5.75 Å². The van der Waals surface area contributed by atoms with E-state index in [9.17, 15) is 4.79 Å². The normalized spacial score (nSPS) is 19.8. The Labute approximate surface area is 214 Å². The molecular formula is C26H39ClN2O3SSi. The molecule has 5 nitrogen and oxygen atoms in total. The fourth-order valence-corrected chi connectivity index (χ4v) is 6.34. The number of carbonyl (C=O) groups excluding carboxylic acids is 1. The maximum atomic E-state index is 13.1. The fourth-order valence-electron chi connectivity index (χ4n) is 3.73. The van der Waals surface area contributed by atoms with Crippen LogP contribution in [0.4, 0.5) is 0 Å². The number of halogens is 1. The molecular weight excluding hydrogens is 484 g/mol. The van der Waals surface area contributed by atoms with Crippen molar-refractivity contribution in [2.24, 2.45) is 10.9 Å². The monoisotopic (exact) mass is 522 g/mol. The van der Waals surface area contributed by atoms with Crippen molar-refractivity contribution in [3.63, 3.8) is 0 Å². The minimum Gasteiger partial charge on any atom is -0.496 e. The van der Waals surface area contributed by atoms with E-state index in [1.165, 1.54) is 4.88 Å². The Morgan fingerprint density at radius 2 is 1.85 bits per heavy atom. The number of thiazole rings is 1. The van der Waals surface area contributed by atoms with Gasteiger partial charge in [0.15, 0.2) is 13.1 Å². The molecule has 34 heavy (non-hydrogen) atoms. The maximum absolute atomic E-state index is 13.1. The molecule has 1 aliphatic carbocycles. The average Bonchev–Trinajstić information content (AvgIpc) is 3.08. The molecule has 0 saturated heterocycles. The van der Waals surface area contributed by atoms with E-state index in [1.807, 2.05) is 0 Å². The Kier molecular flexibility index (Phi) is 7.93. The third kappa shape index (κ3) is 6.22. The van der Waals surface area contributed by atoms with Gasteiger partial charge >= 0.3 is 0 Å². The molecule has 1 saturated carbocycles. The van der Waals surface area contributed by atoms with Gasteiger partial charge in [-0.1, -0.05) is 53.1 Å². The van der Waals surface area contributed by atoms with Gasteiger partial charge in [0.2, 0.25) is 0 Å². The van der Waals surface area contributed by atoms with E-state index >= 15 is 0 Å². The van der Waals surface area contributed by atoms with Gasteiger partial charge in [0.1, 0.15) is 5.75 Å². The molecule has 0 bridgehead atoms. The highest BCUT2D eigenvalue weighted by Gasteiger charge is 2.42. The first-order valence-electron chi connectivity index (χ1n) is 11.9.